The highest BCUT2D eigenvalue weighted by molar-refractivity contribution is 5.94. The molecular weight excluding hydrogens is 493 g/mol. The van der Waals surface area contributed by atoms with Crippen molar-refractivity contribution in [1.29, 1.82) is 0 Å². The molecule has 6 nitrogen and oxygen atoms in total. The Bertz CT molecular complexity index is 1290. The summed E-state index contributed by atoms with van der Waals surface area (Å²) in [4.78, 5) is 20.9. The van der Waals surface area contributed by atoms with Crippen molar-refractivity contribution in [2.24, 2.45) is 0 Å². The molecule has 1 aromatic heterocycles. The van der Waals surface area contributed by atoms with Crippen LogP contribution in [0.3, 0.4) is 0 Å². The molecule has 2 aromatic carbocycles. The van der Waals surface area contributed by atoms with E-state index in [1.54, 1.807) is 4.90 Å². The van der Waals surface area contributed by atoms with E-state index in [0.29, 0.717) is 32.8 Å². The number of carbonyl (C=O) groups excluding carboxylic acids is 1. The van der Waals surface area contributed by atoms with Gasteiger partial charge in [0.2, 0.25) is 0 Å². The molecule has 0 unspecified atom stereocenters. The van der Waals surface area contributed by atoms with E-state index in [2.05, 4.69) is 28.0 Å². The van der Waals surface area contributed by atoms with Crippen molar-refractivity contribution in [2.75, 3.05) is 32.8 Å². The average Bonchev–Trinajstić information content (AvgIpc) is 3.32. The lowest BCUT2D eigenvalue weighted by molar-refractivity contribution is -0.137. The highest BCUT2D eigenvalue weighted by atomic mass is 19.4. The summed E-state index contributed by atoms with van der Waals surface area (Å²) >= 11 is 0. The van der Waals surface area contributed by atoms with E-state index in [9.17, 15) is 18.0 Å². The van der Waals surface area contributed by atoms with Crippen LogP contribution in [0.15, 0.2) is 55.5 Å². The molecule has 1 aliphatic heterocycles. The number of benzene rings is 2. The van der Waals surface area contributed by atoms with Crippen LogP contribution in [-0.4, -0.2) is 58.0 Å². The third-order valence-electron chi connectivity index (χ3n) is 7.04. The Labute approximate surface area is 221 Å². The summed E-state index contributed by atoms with van der Waals surface area (Å²) in [6, 6.07) is 8.39. The van der Waals surface area contributed by atoms with Crippen LogP contribution in [0.4, 0.5) is 13.2 Å². The molecule has 0 atom stereocenters. The number of rotatable bonds is 8. The summed E-state index contributed by atoms with van der Waals surface area (Å²) in [5, 5.41) is 0. The average molecular weight is 527 g/mol. The van der Waals surface area contributed by atoms with Gasteiger partial charge in [-0.1, -0.05) is 6.58 Å². The Morgan fingerprint density at radius 2 is 1.63 bits per heavy atom. The van der Waals surface area contributed by atoms with E-state index in [4.69, 9.17) is 4.74 Å². The van der Waals surface area contributed by atoms with E-state index in [-0.39, 0.29) is 11.5 Å². The zero-order valence-corrected chi connectivity index (χ0v) is 22.0. The number of aromatic nitrogens is 2. The van der Waals surface area contributed by atoms with Crippen molar-refractivity contribution in [3.8, 4) is 5.75 Å². The van der Waals surface area contributed by atoms with Gasteiger partial charge in [0.05, 0.1) is 24.2 Å². The topological polar surface area (TPSA) is 50.6 Å². The van der Waals surface area contributed by atoms with Crippen molar-refractivity contribution in [3.63, 3.8) is 0 Å². The van der Waals surface area contributed by atoms with E-state index >= 15 is 0 Å². The highest BCUT2D eigenvalue weighted by Crippen LogP contribution is 2.31. The van der Waals surface area contributed by atoms with E-state index < -0.39 is 11.7 Å². The summed E-state index contributed by atoms with van der Waals surface area (Å²) in [5.74, 6) is 0.591. The molecule has 1 aliphatic rings. The first-order chi connectivity index (χ1) is 18.0. The standard InChI is InChI=1S/C29H33F3N4O2/c1-20-18-34(19-33-20)12-5-17-38-27-11-10-26(21(2)22(27)3)23(4)35-13-15-36(16-14-35)28(37)24-6-8-25(9-7-24)29(30,31)32/h6-11,18-19H,4-5,12-17H2,1-3H3. The molecule has 1 amide bonds. The monoisotopic (exact) mass is 526 g/mol. The molecule has 38 heavy (non-hydrogen) atoms. The summed E-state index contributed by atoms with van der Waals surface area (Å²) < 4.78 is 46.6. The third kappa shape index (κ3) is 6.20. The van der Waals surface area contributed by atoms with Crippen molar-refractivity contribution >= 4 is 11.6 Å². The van der Waals surface area contributed by atoms with E-state index in [1.165, 1.54) is 12.1 Å². The highest BCUT2D eigenvalue weighted by Gasteiger charge is 2.31. The van der Waals surface area contributed by atoms with Crippen LogP contribution in [0.5, 0.6) is 5.75 Å². The fourth-order valence-corrected chi connectivity index (χ4v) is 4.62. The number of aryl methyl sites for hydroxylation is 2. The second-order valence-electron chi connectivity index (χ2n) is 9.62. The van der Waals surface area contributed by atoms with Gasteiger partial charge >= 0.3 is 6.18 Å². The van der Waals surface area contributed by atoms with Crippen LogP contribution >= 0.6 is 0 Å². The van der Waals surface area contributed by atoms with Gasteiger partial charge in [0, 0.05) is 55.7 Å². The summed E-state index contributed by atoms with van der Waals surface area (Å²) in [5.41, 5.74) is 4.58. The molecule has 1 fully saturated rings. The normalized spacial score (nSPS) is 14.1. The lowest BCUT2D eigenvalue weighted by Crippen LogP contribution is -2.47. The Hall–Kier alpha value is -3.75. The predicted octanol–water partition coefficient (Wildman–Crippen LogP) is 5.72. The van der Waals surface area contributed by atoms with Gasteiger partial charge in [-0.3, -0.25) is 4.79 Å². The van der Waals surface area contributed by atoms with E-state index in [0.717, 1.165) is 58.9 Å². The quantitative estimate of drug-likeness (QED) is 0.352. The Morgan fingerprint density at radius 3 is 2.24 bits per heavy atom. The fourth-order valence-electron chi connectivity index (χ4n) is 4.62. The predicted molar refractivity (Wildman–Crippen MR) is 141 cm³/mol. The van der Waals surface area contributed by atoms with Gasteiger partial charge < -0.3 is 19.1 Å². The Kier molecular flexibility index (Phi) is 8.14. The number of amides is 1. The number of hydrogen-bond donors (Lipinski definition) is 0. The lowest BCUT2D eigenvalue weighted by atomic mass is 9.99. The summed E-state index contributed by atoms with van der Waals surface area (Å²) in [7, 11) is 0. The molecule has 4 rings (SSSR count). The molecule has 0 saturated carbocycles. The molecule has 0 aliphatic carbocycles. The van der Waals surface area contributed by atoms with Crippen molar-refractivity contribution in [3.05, 3.63) is 89.0 Å². The number of nitrogens with zero attached hydrogens (tertiary/aromatic N) is 4. The molecule has 9 heteroatoms. The molecule has 202 valence electrons. The largest absolute Gasteiger partial charge is 0.493 e. The van der Waals surface area contributed by atoms with Gasteiger partial charge in [0.15, 0.2) is 0 Å². The zero-order chi connectivity index (χ0) is 27.4. The van der Waals surface area contributed by atoms with Crippen LogP contribution in [0.1, 0.15) is 44.7 Å². The minimum atomic E-state index is -4.42. The molecular formula is C29H33F3N4O2. The number of alkyl halides is 3. The van der Waals surface area contributed by atoms with Gasteiger partial charge in [-0.2, -0.15) is 13.2 Å². The molecule has 0 bridgehead atoms. The van der Waals surface area contributed by atoms with Crippen molar-refractivity contribution < 1.29 is 22.7 Å². The fraction of sp³-hybridized carbons (Fsp3) is 0.379. The first-order valence-corrected chi connectivity index (χ1v) is 12.7. The maximum Gasteiger partial charge on any atom is 0.416 e. The van der Waals surface area contributed by atoms with Gasteiger partial charge in [-0.25, -0.2) is 4.98 Å². The van der Waals surface area contributed by atoms with Gasteiger partial charge in [0.25, 0.3) is 5.91 Å². The Balaban J connectivity index is 1.31. The van der Waals surface area contributed by atoms with Gasteiger partial charge in [-0.05, 0) is 74.7 Å². The Morgan fingerprint density at radius 1 is 0.974 bits per heavy atom. The minimum absolute atomic E-state index is 0.257. The molecule has 0 radical (unpaired) electrons. The number of imidazole rings is 1. The SMILES string of the molecule is C=C(c1ccc(OCCCn2cnc(C)c2)c(C)c1C)N1CCN(C(=O)c2ccc(C(F)(F)F)cc2)CC1. The molecule has 0 N–H and O–H groups in total. The van der Waals surface area contributed by atoms with Crippen LogP contribution in [0.25, 0.3) is 5.70 Å². The van der Waals surface area contributed by atoms with Gasteiger partial charge in [-0.15, -0.1) is 0 Å². The van der Waals surface area contributed by atoms with Crippen molar-refractivity contribution in [1.82, 2.24) is 19.4 Å². The number of piperazine rings is 1. The lowest BCUT2D eigenvalue weighted by Gasteiger charge is -2.37. The summed E-state index contributed by atoms with van der Waals surface area (Å²) in [6.45, 7) is 14.0. The molecule has 2 heterocycles. The molecule has 3 aromatic rings. The second-order valence-corrected chi connectivity index (χ2v) is 9.62. The number of hydrogen-bond acceptors (Lipinski definition) is 4. The van der Waals surface area contributed by atoms with Crippen LogP contribution in [0, 0.1) is 20.8 Å². The number of ether oxygens (including phenoxy) is 1. The first-order valence-electron chi connectivity index (χ1n) is 12.7. The van der Waals surface area contributed by atoms with Crippen LogP contribution in [-0.2, 0) is 12.7 Å². The smallest absolute Gasteiger partial charge is 0.416 e. The van der Waals surface area contributed by atoms with Crippen molar-refractivity contribution in [2.45, 2.75) is 39.9 Å². The minimum Gasteiger partial charge on any atom is -0.493 e. The number of carbonyl (C=O) groups is 1. The van der Waals surface area contributed by atoms with Crippen LogP contribution in [0.2, 0.25) is 0 Å². The molecule has 0 spiro atoms. The summed E-state index contributed by atoms with van der Waals surface area (Å²) in [6.07, 6.45) is 0.294. The van der Waals surface area contributed by atoms with Crippen LogP contribution < -0.4 is 4.74 Å². The van der Waals surface area contributed by atoms with E-state index in [1.807, 2.05) is 38.5 Å². The third-order valence-corrected chi connectivity index (χ3v) is 7.04. The molecule has 1 saturated heterocycles. The maximum atomic E-state index is 12.8. The first kappa shape index (κ1) is 27.3. The van der Waals surface area contributed by atoms with Gasteiger partial charge in [0.1, 0.15) is 5.75 Å². The number of halogens is 3. The zero-order valence-electron chi connectivity index (χ0n) is 22.0. The second kappa shape index (κ2) is 11.3. The maximum absolute atomic E-state index is 12.8.